The van der Waals surface area contributed by atoms with Crippen molar-refractivity contribution in [2.24, 2.45) is 0 Å². The molecular weight excluding hydrogens is 344 g/mol. The molecule has 2 aliphatic rings. The summed E-state index contributed by atoms with van der Waals surface area (Å²) in [6.45, 7) is 3.62. The molecule has 0 bridgehead atoms. The third-order valence-corrected chi connectivity index (χ3v) is 5.53. The molecule has 1 N–H and O–H groups in total. The number of hydrogen-bond acceptors (Lipinski definition) is 4. The van der Waals surface area contributed by atoms with Crippen LogP contribution in [0, 0.1) is 0 Å². The fourth-order valence-electron chi connectivity index (χ4n) is 3.93. The number of piperidine rings is 1. The Morgan fingerprint density at radius 1 is 1.22 bits per heavy atom. The summed E-state index contributed by atoms with van der Waals surface area (Å²) >= 11 is 0. The van der Waals surface area contributed by atoms with E-state index < -0.39 is 0 Å². The molecule has 3 rings (SSSR count). The monoisotopic (exact) mass is 376 g/mol. The van der Waals surface area contributed by atoms with Crippen molar-refractivity contribution in [1.29, 1.82) is 0 Å². The fraction of sp³-hybridized carbons (Fsp3) is 0.737. The summed E-state index contributed by atoms with van der Waals surface area (Å²) in [7, 11) is 5.65. The predicted molar refractivity (Wildman–Crippen MR) is 103 cm³/mol. The van der Waals surface area contributed by atoms with E-state index in [1.165, 1.54) is 12.8 Å². The third kappa shape index (κ3) is 5.00. The summed E-state index contributed by atoms with van der Waals surface area (Å²) in [5.41, 5.74) is 1.88. The number of hydrogen-bond donors (Lipinski definition) is 1. The highest BCUT2D eigenvalue weighted by Gasteiger charge is 2.23. The molecule has 3 heterocycles. The number of rotatable bonds is 4. The van der Waals surface area contributed by atoms with E-state index in [0.717, 1.165) is 43.9 Å². The number of aromatic nitrogens is 2. The van der Waals surface area contributed by atoms with Crippen LogP contribution in [-0.4, -0.2) is 76.7 Å². The lowest BCUT2D eigenvalue weighted by Gasteiger charge is -2.31. The molecule has 1 atom stereocenters. The molecule has 0 saturated carbocycles. The molecule has 1 saturated heterocycles. The van der Waals surface area contributed by atoms with Crippen LogP contribution >= 0.6 is 0 Å². The second-order valence-electron chi connectivity index (χ2n) is 7.91. The van der Waals surface area contributed by atoms with Gasteiger partial charge in [-0.15, -0.1) is 0 Å². The van der Waals surface area contributed by atoms with Gasteiger partial charge in [-0.05, 0) is 38.9 Å². The summed E-state index contributed by atoms with van der Waals surface area (Å²) in [5, 5.41) is 7.64. The minimum Gasteiger partial charge on any atom is -0.350 e. The Bertz CT molecular complexity index is 671. The van der Waals surface area contributed by atoms with Crippen LogP contribution in [0.3, 0.4) is 0 Å². The first kappa shape index (κ1) is 19.7. The van der Waals surface area contributed by atoms with Crippen molar-refractivity contribution in [3.05, 3.63) is 17.5 Å². The molecule has 0 aromatic carbocycles. The number of urea groups is 1. The van der Waals surface area contributed by atoms with Crippen molar-refractivity contribution in [2.75, 3.05) is 34.2 Å². The Morgan fingerprint density at radius 2 is 2.04 bits per heavy atom. The summed E-state index contributed by atoms with van der Waals surface area (Å²) in [6.07, 6.45) is 4.96. The molecule has 3 amide bonds. The van der Waals surface area contributed by atoms with Crippen LogP contribution in [0.25, 0.3) is 0 Å². The van der Waals surface area contributed by atoms with E-state index >= 15 is 0 Å². The highest BCUT2D eigenvalue weighted by Crippen LogP contribution is 2.18. The van der Waals surface area contributed by atoms with Gasteiger partial charge in [-0.2, -0.15) is 5.10 Å². The van der Waals surface area contributed by atoms with Crippen LogP contribution in [0.1, 0.15) is 43.5 Å². The van der Waals surface area contributed by atoms with Gasteiger partial charge in [0.05, 0.1) is 24.5 Å². The third-order valence-electron chi connectivity index (χ3n) is 5.53. The average Bonchev–Trinajstić information content (AvgIpc) is 2.91. The Kier molecular flexibility index (Phi) is 6.36. The van der Waals surface area contributed by atoms with Gasteiger partial charge in [0.2, 0.25) is 5.91 Å². The molecule has 1 aromatic rings. The van der Waals surface area contributed by atoms with Crippen LogP contribution in [-0.2, 0) is 24.4 Å². The standard InChI is InChI=1S/C19H32N6O2/c1-22(2)19(27)24-9-6-10-25-17(14-24)11-15(21-25)13-20-18(26)12-16-7-4-5-8-23(16)3/h11,16H,4-10,12-14H2,1-3H3,(H,20,26). The molecule has 2 aliphatic heterocycles. The molecule has 0 spiro atoms. The lowest BCUT2D eigenvalue weighted by molar-refractivity contribution is -0.122. The van der Waals surface area contributed by atoms with Gasteiger partial charge in [0.1, 0.15) is 0 Å². The van der Waals surface area contributed by atoms with Crippen molar-refractivity contribution >= 4 is 11.9 Å². The number of carbonyl (C=O) groups is 2. The largest absolute Gasteiger partial charge is 0.350 e. The fourth-order valence-corrected chi connectivity index (χ4v) is 3.93. The van der Waals surface area contributed by atoms with E-state index in [1.807, 2.05) is 15.6 Å². The number of likely N-dealkylation sites (tertiary alicyclic amines) is 1. The molecule has 8 heteroatoms. The van der Waals surface area contributed by atoms with Crippen LogP contribution in [0.2, 0.25) is 0 Å². The zero-order chi connectivity index (χ0) is 19.4. The molecule has 1 fully saturated rings. The Balaban J connectivity index is 1.54. The summed E-state index contributed by atoms with van der Waals surface area (Å²) < 4.78 is 1.97. The number of aryl methyl sites for hydroxylation is 1. The number of carbonyl (C=O) groups excluding carboxylic acids is 2. The number of nitrogens with zero attached hydrogens (tertiary/aromatic N) is 5. The van der Waals surface area contributed by atoms with Gasteiger partial charge in [0.25, 0.3) is 0 Å². The van der Waals surface area contributed by atoms with E-state index in [2.05, 4.69) is 22.4 Å². The molecule has 150 valence electrons. The number of nitrogens with one attached hydrogen (secondary N) is 1. The topological polar surface area (TPSA) is 73.7 Å². The van der Waals surface area contributed by atoms with Gasteiger partial charge in [-0.3, -0.25) is 9.48 Å². The summed E-state index contributed by atoms with van der Waals surface area (Å²) in [4.78, 5) is 30.3. The summed E-state index contributed by atoms with van der Waals surface area (Å²) in [6, 6.07) is 2.38. The van der Waals surface area contributed by atoms with Crippen molar-refractivity contribution < 1.29 is 9.59 Å². The molecule has 1 aromatic heterocycles. The van der Waals surface area contributed by atoms with Crippen molar-refractivity contribution in [1.82, 2.24) is 29.8 Å². The van der Waals surface area contributed by atoms with Crippen LogP contribution in [0.5, 0.6) is 0 Å². The lowest BCUT2D eigenvalue weighted by atomic mass is 10.00. The normalized spacial score (nSPS) is 20.7. The molecule has 8 nitrogen and oxygen atoms in total. The highest BCUT2D eigenvalue weighted by molar-refractivity contribution is 5.76. The number of amides is 3. The van der Waals surface area contributed by atoms with Gasteiger partial charge < -0.3 is 20.0 Å². The molecule has 0 aliphatic carbocycles. The van der Waals surface area contributed by atoms with E-state index in [0.29, 0.717) is 25.6 Å². The average molecular weight is 377 g/mol. The van der Waals surface area contributed by atoms with Crippen molar-refractivity contribution in [3.63, 3.8) is 0 Å². The SMILES string of the molecule is CN(C)C(=O)N1CCCn2nc(CNC(=O)CC3CCCCN3C)cc2C1. The predicted octanol–water partition coefficient (Wildman–Crippen LogP) is 1.26. The Hall–Kier alpha value is -2.09. The quantitative estimate of drug-likeness (QED) is 0.859. The number of fused-ring (bicyclic) bond motifs is 1. The van der Waals surface area contributed by atoms with Crippen LogP contribution in [0.4, 0.5) is 4.79 Å². The van der Waals surface area contributed by atoms with Crippen LogP contribution < -0.4 is 5.32 Å². The van der Waals surface area contributed by atoms with E-state index in [9.17, 15) is 9.59 Å². The first-order valence-electron chi connectivity index (χ1n) is 9.93. The second kappa shape index (κ2) is 8.73. The first-order chi connectivity index (χ1) is 12.9. The summed E-state index contributed by atoms with van der Waals surface area (Å²) in [5.74, 6) is 0.0846. The van der Waals surface area contributed by atoms with Gasteiger partial charge in [0, 0.05) is 39.6 Å². The Labute approximate surface area is 161 Å². The maximum absolute atomic E-state index is 12.3. The van der Waals surface area contributed by atoms with Gasteiger partial charge >= 0.3 is 6.03 Å². The lowest BCUT2D eigenvalue weighted by Crippen LogP contribution is -2.40. The second-order valence-corrected chi connectivity index (χ2v) is 7.91. The minimum atomic E-state index is 0.0242. The highest BCUT2D eigenvalue weighted by atomic mass is 16.2. The first-order valence-corrected chi connectivity index (χ1v) is 9.93. The van der Waals surface area contributed by atoms with E-state index in [4.69, 9.17) is 0 Å². The maximum Gasteiger partial charge on any atom is 0.319 e. The van der Waals surface area contributed by atoms with E-state index in [1.54, 1.807) is 19.0 Å². The molecule has 1 unspecified atom stereocenters. The zero-order valence-corrected chi connectivity index (χ0v) is 16.8. The van der Waals surface area contributed by atoms with Gasteiger partial charge in [-0.25, -0.2) is 4.79 Å². The Morgan fingerprint density at radius 3 is 2.78 bits per heavy atom. The maximum atomic E-state index is 12.3. The van der Waals surface area contributed by atoms with Gasteiger partial charge in [0.15, 0.2) is 0 Å². The van der Waals surface area contributed by atoms with Crippen molar-refractivity contribution in [3.8, 4) is 0 Å². The molecule has 27 heavy (non-hydrogen) atoms. The van der Waals surface area contributed by atoms with E-state index in [-0.39, 0.29) is 11.9 Å². The zero-order valence-electron chi connectivity index (χ0n) is 16.8. The smallest absolute Gasteiger partial charge is 0.319 e. The van der Waals surface area contributed by atoms with Crippen LogP contribution in [0.15, 0.2) is 6.07 Å². The van der Waals surface area contributed by atoms with Gasteiger partial charge in [-0.1, -0.05) is 6.42 Å². The molecule has 0 radical (unpaired) electrons. The molecular formula is C19H32N6O2. The minimum absolute atomic E-state index is 0.0242. The van der Waals surface area contributed by atoms with Crippen molar-refractivity contribution in [2.45, 2.75) is 57.8 Å².